The van der Waals surface area contributed by atoms with Gasteiger partial charge in [0, 0.05) is 16.3 Å². The van der Waals surface area contributed by atoms with Crippen LogP contribution in [0.25, 0.3) is 0 Å². The summed E-state index contributed by atoms with van der Waals surface area (Å²) in [4.78, 5) is 4.22. The summed E-state index contributed by atoms with van der Waals surface area (Å²) >= 11 is 6.60. The summed E-state index contributed by atoms with van der Waals surface area (Å²) in [6, 6.07) is 10.0. The molecule has 0 radical (unpaired) electrons. The van der Waals surface area contributed by atoms with Crippen molar-refractivity contribution in [2.24, 2.45) is 4.99 Å². The van der Waals surface area contributed by atoms with E-state index in [-0.39, 0.29) is 11.5 Å². The maximum Gasteiger partial charge on any atom is 0.138 e. The van der Waals surface area contributed by atoms with Crippen molar-refractivity contribution < 1.29 is 10.2 Å². The molecule has 0 aliphatic rings. The number of hydrogen-bond donors (Lipinski definition) is 2. The van der Waals surface area contributed by atoms with Gasteiger partial charge < -0.3 is 10.2 Å². The van der Waals surface area contributed by atoms with E-state index in [4.69, 9.17) is 5.11 Å². The molecule has 2 rings (SSSR count). The highest BCUT2D eigenvalue weighted by Gasteiger charge is 2.05. The summed E-state index contributed by atoms with van der Waals surface area (Å²) in [5, 5.41) is 19.0. The van der Waals surface area contributed by atoms with Crippen molar-refractivity contribution in [1.82, 2.24) is 0 Å². The lowest BCUT2D eigenvalue weighted by molar-refractivity contribution is 0.471. The van der Waals surface area contributed by atoms with Crippen LogP contribution in [-0.4, -0.2) is 16.4 Å². The quantitative estimate of drug-likeness (QED) is 0.771. The Morgan fingerprint density at radius 2 is 1.67 bits per heavy atom. The fraction of sp³-hybridized carbons (Fsp3) is 0. The predicted molar refractivity (Wildman–Crippen MR) is 78.9 cm³/mol. The number of phenolic OH excluding ortho intramolecular Hbond substituents is 2. The summed E-state index contributed by atoms with van der Waals surface area (Å²) in [6.07, 6.45) is 1.57. The van der Waals surface area contributed by atoms with Gasteiger partial charge in [0.1, 0.15) is 11.5 Å². The molecule has 0 aliphatic heterocycles. The third-order valence-corrected chi connectivity index (χ3v) is 3.32. The molecule has 0 saturated carbocycles. The van der Waals surface area contributed by atoms with E-state index in [1.807, 2.05) is 0 Å². The van der Waals surface area contributed by atoms with Gasteiger partial charge in [0.15, 0.2) is 0 Å². The van der Waals surface area contributed by atoms with Gasteiger partial charge in [0.05, 0.1) is 10.2 Å². The maximum absolute atomic E-state index is 9.85. The van der Waals surface area contributed by atoms with E-state index in [0.717, 1.165) is 4.47 Å². The molecule has 0 amide bonds. The Morgan fingerprint density at radius 1 is 1.00 bits per heavy atom. The molecule has 0 spiro atoms. The van der Waals surface area contributed by atoms with Gasteiger partial charge in [-0.25, -0.2) is 0 Å². The van der Waals surface area contributed by atoms with Gasteiger partial charge in [-0.15, -0.1) is 0 Å². The number of aromatic hydroxyl groups is 2. The van der Waals surface area contributed by atoms with E-state index in [0.29, 0.717) is 15.7 Å². The monoisotopic (exact) mass is 369 g/mol. The summed E-state index contributed by atoms with van der Waals surface area (Å²) in [5.74, 6) is 0.336. The molecule has 0 saturated heterocycles. The van der Waals surface area contributed by atoms with Crippen LogP contribution < -0.4 is 0 Å². The Kier molecular flexibility index (Phi) is 4.04. The van der Waals surface area contributed by atoms with Gasteiger partial charge in [-0.3, -0.25) is 4.99 Å². The summed E-state index contributed by atoms with van der Waals surface area (Å²) in [7, 11) is 0. The van der Waals surface area contributed by atoms with Crippen LogP contribution in [0.15, 0.2) is 50.3 Å². The third kappa shape index (κ3) is 3.11. The van der Waals surface area contributed by atoms with E-state index >= 15 is 0 Å². The van der Waals surface area contributed by atoms with E-state index in [9.17, 15) is 5.11 Å². The Bertz CT molecular complexity index is 595. The first-order chi connectivity index (χ1) is 8.56. The molecular weight excluding hydrogens is 362 g/mol. The molecule has 5 heteroatoms. The Labute approximate surface area is 121 Å². The third-order valence-electron chi connectivity index (χ3n) is 2.26. The number of halogens is 2. The molecule has 2 aromatic carbocycles. The van der Waals surface area contributed by atoms with Gasteiger partial charge in [-0.2, -0.15) is 0 Å². The van der Waals surface area contributed by atoms with E-state index in [1.165, 1.54) is 0 Å². The van der Waals surface area contributed by atoms with Crippen molar-refractivity contribution in [2.45, 2.75) is 0 Å². The Balaban J connectivity index is 2.31. The van der Waals surface area contributed by atoms with Crippen molar-refractivity contribution in [1.29, 1.82) is 0 Å². The van der Waals surface area contributed by atoms with Crippen LogP contribution in [0.1, 0.15) is 5.56 Å². The van der Waals surface area contributed by atoms with Crippen molar-refractivity contribution in [3.05, 3.63) is 50.9 Å². The predicted octanol–water partition coefficient (Wildman–Crippen LogP) is 4.37. The highest BCUT2D eigenvalue weighted by atomic mass is 79.9. The van der Waals surface area contributed by atoms with Crippen LogP contribution in [0.4, 0.5) is 5.69 Å². The number of aliphatic imine (C=N–C) groups is 1. The number of nitrogens with zero attached hydrogens (tertiary/aromatic N) is 1. The molecular formula is C13H9Br2NO2. The summed E-state index contributed by atoms with van der Waals surface area (Å²) in [6.45, 7) is 0. The molecule has 2 N–H and O–H groups in total. The van der Waals surface area contributed by atoms with Crippen LogP contribution in [-0.2, 0) is 0 Å². The smallest absolute Gasteiger partial charge is 0.138 e. The minimum atomic E-state index is 0.140. The molecule has 92 valence electrons. The second-order valence-corrected chi connectivity index (χ2v) is 5.37. The van der Waals surface area contributed by atoms with Gasteiger partial charge in [0.2, 0.25) is 0 Å². The van der Waals surface area contributed by atoms with Gasteiger partial charge in [-0.1, -0.05) is 15.9 Å². The summed E-state index contributed by atoms with van der Waals surface area (Å²) in [5.41, 5.74) is 1.30. The molecule has 0 atom stereocenters. The number of phenols is 2. The fourth-order valence-corrected chi connectivity index (χ4v) is 2.63. The molecule has 0 heterocycles. The average Bonchev–Trinajstić information content (AvgIpc) is 2.34. The Morgan fingerprint density at radius 3 is 2.33 bits per heavy atom. The summed E-state index contributed by atoms with van der Waals surface area (Å²) < 4.78 is 1.45. The normalized spacial score (nSPS) is 11.0. The van der Waals surface area contributed by atoms with Gasteiger partial charge in [-0.05, 0) is 52.3 Å². The van der Waals surface area contributed by atoms with E-state index < -0.39 is 0 Å². The van der Waals surface area contributed by atoms with E-state index in [2.05, 4.69) is 36.9 Å². The van der Waals surface area contributed by atoms with Crippen molar-refractivity contribution in [3.8, 4) is 11.5 Å². The minimum absolute atomic E-state index is 0.140. The lowest BCUT2D eigenvalue weighted by Crippen LogP contribution is -1.84. The van der Waals surface area contributed by atoms with Crippen molar-refractivity contribution >= 4 is 43.8 Å². The number of benzene rings is 2. The second kappa shape index (κ2) is 5.54. The zero-order valence-electron chi connectivity index (χ0n) is 9.14. The fourth-order valence-electron chi connectivity index (χ4n) is 1.37. The standard InChI is InChI=1S/C13H9Br2NO2/c14-9-5-8(13(18)12(15)6-9)7-16-10-1-3-11(17)4-2-10/h1-7,17-18H. The van der Waals surface area contributed by atoms with Crippen LogP contribution in [0, 0.1) is 0 Å². The molecule has 0 bridgehead atoms. The molecule has 0 aromatic heterocycles. The highest BCUT2D eigenvalue weighted by Crippen LogP contribution is 2.31. The first-order valence-corrected chi connectivity index (χ1v) is 6.66. The van der Waals surface area contributed by atoms with Gasteiger partial charge in [0.25, 0.3) is 0 Å². The van der Waals surface area contributed by atoms with Crippen molar-refractivity contribution in [2.75, 3.05) is 0 Å². The SMILES string of the molecule is Oc1ccc(N=Cc2cc(Br)cc(Br)c2O)cc1. The first-order valence-electron chi connectivity index (χ1n) is 5.07. The zero-order valence-corrected chi connectivity index (χ0v) is 12.3. The highest BCUT2D eigenvalue weighted by molar-refractivity contribution is 9.11. The van der Waals surface area contributed by atoms with E-state index in [1.54, 1.807) is 42.6 Å². The van der Waals surface area contributed by atoms with Crippen LogP contribution in [0.3, 0.4) is 0 Å². The lowest BCUT2D eigenvalue weighted by Gasteiger charge is -2.02. The second-order valence-electron chi connectivity index (χ2n) is 3.60. The molecule has 0 unspecified atom stereocenters. The molecule has 2 aromatic rings. The van der Waals surface area contributed by atoms with Crippen LogP contribution in [0.2, 0.25) is 0 Å². The van der Waals surface area contributed by atoms with Crippen LogP contribution in [0.5, 0.6) is 11.5 Å². The lowest BCUT2D eigenvalue weighted by atomic mass is 10.2. The zero-order chi connectivity index (χ0) is 13.1. The molecule has 3 nitrogen and oxygen atoms in total. The maximum atomic E-state index is 9.85. The Hall–Kier alpha value is -1.33. The molecule has 18 heavy (non-hydrogen) atoms. The van der Waals surface area contributed by atoms with Crippen LogP contribution >= 0.6 is 31.9 Å². The van der Waals surface area contributed by atoms with Crippen molar-refractivity contribution in [3.63, 3.8) is 0 Å². The molecule has 0 aliphatic carbocycles. The minimum Gasteiger partial charge on any atom is -0.508 e. The first kappa shape index (κ1) is 13.1. The molecule has 0 fully saturated rings. The largest absolute Gasteiger partial charge is 0.508 e. The number of rotatable bonds is 2. The number of hydrogen-bond acceptors (Lipinski definition) is 3. The van der Waals surface area contributed by atoms with Gasteiger partial charge >= 0.3 is 0 Å². The average molecular weight is 371 g/mol. The topological polar surface area (TPSA) is 52.8 Å².